The first-order chi connectivity index (χ1) is 18.5. The molecule has 2 aromatic carbocycles. The van der Waals surface area contributed by atoms with Crippen LogP contribution in [0.5, 0.6) is 0 Å². The van der Waals surface area contributed by atoms with Crippen molar-refractivity contribution in [2.75, 3.05) is 11.9 Å². The molecule has 3 N–H and O–H groups in total. The lowest BCUT2D eigenvalue weighted by atomic mass is 10.1. The molecule has 1 aliphatic rings. The second-order valence-electron chi connectivity index (χ2n) is 9.68. The summed E-state index contributed by atoms with van der Waals surface area (Å²) in [4.78, 5) is 53.2. The molecule has 2 unspecified atom stereocenters. The molecule has 202 valence electrons. The predicted octanol–water partition coefficient (Wildman–Crippen LogP) is 2.30. The molecular formula is C27H25FIN5O5. The van der Waals surface area contributed by atoms with Crippen LogP contribution in [-0.4, -0.2) is 36.9 Å². The summed E-state index contributed by atoms with van der Waals surface area (Å²) in [7, 11) is 2.76. The molecule has 5 rings (SSSR count). The van der Waals surface area contributed by atoms with E-state index in [1.54, 1.807) is 36.4 Å². The van der Waals surface area contributed by atoms with Crippen molar-refractivity contribution in [1.29, 1.82) is 0 Å². The van der Waals surface area contributed by atoms with Gasteiger partial charge in [-0.1, -0.05) is 18.2 Å². The van der Waals surface area contributed by atoms with Gasteiger partial charge in [0.05, 0.1) is 29.4 Å². The largest absolute Gasteiger partial charge is 0.394 e. The van der Waals surface area contributed by atoms with E-state index in [0.29, 0.717) is 9.13 Å². The Kier molecular flexibility index (Phi) is 6.71. The lowest BCUT2D eigenvalue weighted by Crippen LogP contribution is -2.46. The summed E-state index contributed by atoms with van der Waals surface area (Å²) < 4.78 is 18.8. The molecule has 2 atom stereocenters. The molecule has 1 saturated carbocycles. The highest BCUT2D eigenvalue weighted by Gasteiger charge is 2.57. The average Bonchev–Trinajstić information content (AvgIpc) is 3.63. The lowest BCUT2D eigenvalue weighted by Gasteiger charge is -2.22. The number of aliphatic hydroxyl groups excluding tert-OH is 1. The van der Waals surface area contributed by atoms with E-state index < -0.39 is 46.7 Å². The molecule has 0 aliphatic heterocycles. The van der Waals surface area contributed by atoms with E-state index in [1.165, 1.54) is 42.3 Å². The third-order valence-corrected chi connectivity index (χ3v) is 7.92. The summed E-state index contributed by atoms with van der Waals surface area (Å²) in [6, 6.07) is 12.2. The number of nitrogens with one attached hydrogen (secondary N) is 2. The van der Waals surface area contributed by atoms with Crippen LogP contribution in [0.4, 0.5) is 15.9 Å². The number of hydrogen-bond donors (Lipinski definition) is 3. The fourth-order valence-corrected chi connectivity index (χ4v) is 5.40. The third-order valence-electron chi connectivity index (χ3n) is 7.25. The van der Waals surface area contributed by atoms with Gasteiger partial charge in [-0.2, -0.15) is 0 Å². The minimum Gasteiger partial charge on any atom is -0.394 e. The van der Waals surface area contributed by atoms with Crippen LogP contribution < -0.4 is 27.4 Å². The third kappa shape index (κ3) is 4.36. The van der Waals surface area contributed by atoms with E-state index in [0.717, 1.165) is 4.57 Å². The molecule has 4 aromatic rings. The fraction of sp³-hybridized carbons (Fsp3) is 0.259. The number of nitrogens with zero attached hydrogens (tertiary/aromatic N) is 3. The van der Waals surface area contributed by atoms with Crippen molar-refractivity contribution in [3.8, 4) is 0 Å². The SMILES string of the molecule is Cc1c(=O)n(C)c(Nc2ccc(I)cc2F)c2c(=O)n(C)c(=O)n(C3CC3(CO)NC(=O)c3ccccc3)c12. The van der Waals surface area contributed by atoms with Gasteiger partial charge in [-0.3, -0.25) is 28.1 Å². The Hall–Kier alpha value is -3.78. The normalized spacial score (nSPS) is 18.3. The number of rotatable bonds is 6. The zero-order valence-corrected chi connectivity index (χ0v) is 23.4. The Morgan fingerprint density at radius 2 is 1.79 bits per heavy atom. The van der Waals surface area contributed by atoms with Crippen LogP contribution in [0.15, 0.2) is 62.9 Å². The van der Waals surface area contributed by atoms with Gasteiger partial charge < -0.3 is 15.7 Å². The zero-order chi connectivity index (χ0) is 28.2. The molecule has 2 aromatic heterocycles. The lowest BCUT2D eigenvalue weighted by molar-refractivity contribution is 0.0899. The standard InChI is InChI=1S/C27H25FIN5O5/c1-14-21-20(22(32(2)24(14)37)30-18-10-9-16(29)11-17(18)28)25(38)33(3)26(39)34(21)19-12-27(19,13-35)31-23(36)15-7-5-4-6-8-15/h4-11,19,30,35H,12-13H2,1-3H3,(H,31,36). The molecule has 0 spiro atoms. The summed E-state index contributed by atoms with van der Waals surface area (Å²) in [5.41, 5.74) is -2.46. The highest BCUT2D eigenvalue weighted by molar-refractivity contribution is 14.1. The molecule has 10 nitrogen and oxygen atoms in total. The van der Waals surface area contributed by atoms with Crippen molar-refractivity contribution < 1.29 is 14.3 Å². The van der Waals surface area contributed by atoms with Crippen molar-refractivity contribution >= 4 is 50.9 Å². The van der Waals surface area contributed by atoms with Gasteiger partial charge in [0.2, 0.25) is 0 Å². The van der Waals surface area contributed by atoms with Gasteiger partial charge in [0, 0.05) is 28.8 Å². The maximum Gasteiger partial charge on any atom is 0.331 e. The minimum atomic E-state index is -1.19. The first-order valence-electron chi connectivity index (χ1n) is 12.1. The molecular weight excluding hydrogens is 620 g/mol. The van der Waals surface area contributed by atoms with Gasteiger partial charge in [-0.15, -0.1) is 0 Å². The van der Waals surface area contributed by atoms with E-state index in [4.69, 9.17) is 0 Å². The molecule has 0 bridgehead atoms. The second-order valence-corrected chi connectivity index (χ2v) is 10.9. The summed E-state index contributed by atoms with van der Waals surface area (Å²) in [6.07, 6.45) is 0.193. The smallest absolute Gasteiger partial charge is 0.331 e. The van der Waals surface area contributed by atoms with Gasteiger partial charge in [-0.25, -0.2) is 9.18 Å². The van der Waals surface area contributed by atoms with Crippen LogP contribution in [0.2, 0.25) is 0 Å². The first kappa shape index (κ1) is 26.8. The highest BCUT2D eigenvalue weighted by Crippen LogP contribution is 2.48. The zero-order valence-electron chi connectivity index (χ0n) is 21.3. The summed E-state index contributed by atoms with van der Waals surface area (Å²) >= 11 is 1.97. The van der Waals surface area contributed by atoms with Gasteiger partial charge in [0.25, 0.3) is 17.0 Å². The van der Waals surface area contributed by atoms with Crippen LogP contribution >= 0.6 is 22.6 Å². The summed E-state index contributed by atoms with van der Waals surface area (Å²) in [5.74, 6) is -1.00. The number of amides is 1. The molecule has 1 fully saturated rings. The van der Waals surface area contributed by atoms with Crippen molar-refractivity contribution in [2.24, 2.45) is 14.1 Å². The number of benzene rings is 2. The monoisotopic (exact) mass is 645 g/mol. The molecule has 1 aliphatic carbocycles. The number of aryl methyl sites for hydroxylation is 1. The van der Waals surface area contributed by atoms with Crippen molar-refractivity contribution in [1.82, 2.24) is 19.0 Å². The van der Waals surface area contributed by atoms with Gasteiger partial charge in [-0.05, 0) is 66.3 Å². The number of halogens is 2. The van der Waals surface area contributed by atoms with E-state index in [9.17, 15) is 28.7 Å². The molecule has 2 heterocycles. The van der Waals surface area contributed by atoms with Crippen molar-refractivity contribution in [3.63, 3.8) is 0 Å². The van der Waals surface area contributed by atoms with Gasteiger partial charge in [0.15, 0.2) is 0 Å². The molecule has 39 heavy (non-hydrogen) atoms. The van der Waals surface area contributed by atoms with Crippen LogP contribution in [0.25, 0.3) is 10.9 Å². The number of carbonyl (C=O) groups is 1. The highest BCUT2D eigenvalue weighted by atomic mass is 127. The average molecular weight is 645 g/mol. The number of aromatic nitrogens is 3. The number of fused-ring (bicyclic) bond motifs is 1. The predicted molar refractivity (Wildman–Crippen MR) is 153 cm³/mol. The topological polar surface area (TPSA) is 127 Å². The Bertz CT molecular complexity index is 1830. The number of aliphatic hydroxyl groups is 1. The van der Waals surface area contributed by atoms with E-state index in [1.807, 2.05) is 22.6 Å². The van der Waals surface area contributed by atoms with Crippen LogP contribution in [0, 0.1) is 16.3 Å². The Labute approximate surface area is 234 Å². The second kappa shape index (κ2) is 9.75. The van der Waals surface area contributed by atoms with Crippen LogP contribution in [0.1, 0.15) is 28.4 Å². The number of anilines is 2. The van der Waals surface area contributed by atoms with E-state index in [2.05, 4.69) is 10.6 Å². The number of hydrogen-bond acceptors (Lipinski definition) is 6. The van der Waals surface area contributed by atoms with Crippen molar-refractivity contribution in [2.45, 2.75) is 24.9 Å². The number of carbonyl (C=O) groups excluding carboxylic acids is 1. The molecule has 1 amide bonds. The summed E-state index contributed by atoms with van der Waals surface area (Å²) in [5, 5.41) is 16.0. The Balaban J connectivity index is 1.71. The van der Waals surface area contributed by atoms with Gasteiger partial charge >= 0.3 is 5.69 Å². The fourth-order valence-electron chi connectivity index (χ4n) is 4.95. The first-order valence-corrected chi connectivity index (χ1v) is 13.1. The minimum absolute atomic E-state index is 0.00257. The van der Waals surface area contributed by atoms with Gasteiger partial charge in [0.1, 0.15) is 17.0 Å². The van der Waals surface area contributed by atoms with E-state index in [-0.39, 0.29) is 34.4 Å². The quantitative estimate of drug-likeness (QED) is 0.277. The Morgan fingerprint density at radius 3 is 2.44 bits per heavy atom. The van der Waals surface area contributed by atoms with Crippen LogP contribution in [0.3, 0.4) is 0 Å². The van der Waals surface area contributed by atoms with E-state index >= 15 is 0 Å². The number of pyridine rings is 1. The Morgan fingerprint density at radius 1 is 1.10 bits per heavy atom. The molecule has 0 radical (unpaired) electrons. The summed E-state index contributed by atoms with van der Waals surface area (Å²) in [6.45, 7) is 1.02. The molecule has 0 saturated heterocycles. The molecule has 12 heteroatoms. The maximum atomic E-state index is 14.8. The maximum absolute atomic E-state index is 14.8. The van der Waals surface area contributed by atoms with Crippen molar-refractivity contribution in [3.05, 3.63) is 100 Å². The van der Waals surface area contributed by atoms with Crippen LogP contribution in [-0.2, 0) is 14.1 Å².